The molecule has 7 heteroatoms. The third-order valence-electron chi connectivity index (χ3n) is 4.25. The van der Waals surface area contributed by atoms with Gasteiger partial charge in [0.05, 0.1) is 11.0 Å². The number of rotatable bonds is 4. The average molecular weight is 380 g/mol. The maximum absolute atomic E-state index is 12.9. The smallest absolute Gasteiger partial charge is 0.183 e. The summed E-state index contributed by atoms with van der Waals surface area (Å²) in [5.74, 6) is -0.751. The van der Waals surface area contributed by atoms with Crippen LogP contribution in [0.15, 0.2) is 53.4 Å². The van der Waals surface area contributed by atoms with Gasteiger partial charge in [0.2, 0.25) is 0 Å². The van der Waals surface area contributed by atoms with Crippen LogP contribution in [0.3, 0.4) is 0 Å². The standard InChI is InChI=1S/C17H11Cl2NO3S/c18-12-4-6-14(7-5-12)24(22,23)16-15(17(16,9-20)10-21)11-2-1-3-13(19)8-11/h1-8,10,15-16H/t15-,16-,17-/m0/s1. The molecule has 0 aromatic heterocycles. The van der Waals surface area contributed by atoms with E-state index in [9.17, 15) is 18.5 Å². The van der Waals surface area contributed by atoms with Gasteiger partial charge in [-0.1, -0.05) is 35.3 Å². The van der Waals surface area contributed by atoms with E-state index in [1.165, 1.54) is 24.3 Å². The fourth-order valence-electron chi connectivity index (χ4n) is 3.03. The van der Waals surface area contributed by atoms with Crippen LogP contribution in [0.1, 0.15) is 11.5 Å². The van der Waals surface area contributed by atoms with E-state index >= 15 is 0 Å². The van der Waals surface area contributed by atoms with Gasteiger partial charge < -0.3 is 4.79 Å². The molecule has 0 heterocycles. The van der Waals surface area contributed by atoms with Crippen LogP contribution in [0.25, 0.3) is 0 Å². The number of benzene rings is 2. The molecule has 1 aliphatic rings. The molecule has 0 saturated heterocycles. The van der Waals surface area contributed by atoms with Gasteiger partial charge in [-0.3, -0.25) is 0 Å². The molecular weight excluding hydrogens is 369 g/mol. The van der Waals surface area contributed by atoms with E-state index < -0.39 is 26.4 Å². The molecule has 0 amide bonds. The van der Waals surface area contributed by atoms with E-state index in [0.29, 0.717) is 21.9 Å². The van der Waals surface area contributed by atoms with E-state index in [-0.39, 0.29) is 4.90 Å². The fourth-order valence-corrected chi connectivity index (χ4v) is 5.60. The molecule has 3 atom stereocenters. The molecule has 0 spiro atoms. The quantitative estimate of drug-likeness (QED) is 0.759. The first kappa shape index (κ1) is 17.0. The summed E-state index contributed by atoms with van der Waals surface area (Å²) < 4.78 is 25.8. The van der Waals surface area contributed by atoms with Crippen molar-refractivity contribution in [1.82, 2.24) is 0 Å². The van der Waals surface area contributed by atoms with Crippen molar-refractivity contribution in [1.29, 1.82) is 5.26 Å². The van der Waals surface area contributed by atoms with Crippen LogP contribution in [-0.2, 0) is 14.6 Å². The Bertz CT molecular complexity index is 951. The van der Waals surface area contributed by atoms with Crippen LogP contribution in [0.2, 0.25) is 10.0 Å². The molecule has 0 aliphatic heterocycles. The molecule has 3 rings (SSSR count). The highest BCUT2D eigenvalue weighted by atomic mass is 35.5. The van der Waals surface area contributed by atoms with E-state index in [0.717, 1.165) is 0 Å². The Hall–Kier alpha value is -1.87. The van der Waals surface area contributed by atoms with E-state index in [2.05, 4.69) is 0 Å². The van der Waals surface area contributed by atoms with Gasteiger partial charge in [-0.2, -0.15) is 5.26 Å². The number of hydrogen-bond acceptors (Lipinski definition) is 4. The summed E-state index contributed by atoms with van der Waals surface area (Å²) in [4.78, 5) is 11.6. The summed E-state index contributed by atoms with van der Waals surface area (Å²) >= 11 is 11.7. The molecule has 2 aromatic carbocycles. The second-order valence-electron chi connectivity index (χ2n) is 5.61. The van der Waals surface area contributed by atoms with Crippen molar-refractivity contribution in [2.24, 2.45) is 5.41 Å². The first-order valence-electron chi connectivity index (χ1n) is 6.99. The van der Waals surface area contributed by atoms with Crippen molar-refractivity contribution < 1.29 is 13.2 Å². The lowest BCUT2D eigenvalue weighted by Crippen LogP contribution is -2.16. The third kappa shape index (κ3) is 2.51. The Morgan fingerprint density at radius 2 is 1.75 bits per heavy atom. The lowest BCUT2D eigenvalue weighted by Gasteiger charge is -2.04. The van der Waals surface area contributed by atoms with Crippen LogP contribution in [0.5, 0.6) is 0 Å². The van der Waals surface area contributed by atoms with Gasteiger partial charge in [0.15, 0.2) is 9.84 Å². The monoisotopic (exact) mass is 379 g/mol. The zero-order valence-corrected chi connectivity index (χ0v) is 14.5. The van der Waals surface area contributed by atoms with Crippen LogP contribution < -0.4 is 0 Å². The van der Waals surface area contributed by atoms with Crippen molar-refractivity contribution in [2.75, 3.05) is 0 Å². The molecule has 0 N–H and O–H groups in total. The topological polar surface area (TPSA) is 75.0 Å². The first-order chi connectivity index (χ1) is 11.4. The molecular formula is C17H11Cl2NO3S. The molecule has 4 nitrogen and oxygen atoms in total. The van der Waals surface area contributed by atoms with Crippen LogP contribution in [0.4, 0.5) is 0 Å². The number of carbonyl (C=O) groups excluding carboxylic acids is 1. The van der Waals surface area contributed by atoms with Crippen LogP contribution in [0, 0.1) is 16.7 Å². The predicted molar refractivity (Wildman–Crippen MR) is 90.7 cm³/mol. The normalized spacial score (nSPS) is 25.7. The first-order valence-corrected chi connectivity index (χ1v) is 9.29. The minimum atomic E-state index is -3.88. The molecule has 0 radical (unpaired) electrons. The summed E-state index contributed by atoms with van der Waals surface area (Å²) in [6, 6.07) is 14.1. The Balaban J connectivity index is 2.10. The molecule has 24 heavy (non-hydrogen) atoms. The number of hydrogen-bond donors (Lipinski definition) is 0. The van der Waals surface area contributed by atoms with Gasteiger partial charge in [-0.15, -0.1) is 0 Å². The van der Waals surface area contributed by atoms with E-state index in [1.807, 2.05) is 6.07 Å². The van der Waals surface area contributed by atoms with E-state index in [1.54, 1.807) is 24.3 Å². The summed E-state index contributed by atoms with van der Waals surface area (Å²) in [5, 5.41) is 9.15. The molecule has 0 unspecified atom stereocenters. The average Bonchev–Trinajstić information content (AvgIpc) is 3.26. The maximum atomic E-state index is 12.9. The predicted octanol–water partition coefficient (Wildman–Crippen LogP) is 3.64. The summed E-state index contributed by atoms with van der Waals surface area (Å²) in [7, 11) is -3.88. The summed E-state index contributed by atoms with van der Waals surface area (Å²) in [6.45, 7) is 0. The Morgan fingerprint density at radius 3 is 2.29 bits per heavy atom. The Morgan fingerprint density at radius 1 is 1.08 bits per heavy atom. The number of halogens is 2. The Kier molecular flexibility index (Phi) is 4.16. The number of carbonyl (C=O) groups is 1. The number of nitriles is 1. The van der Waals surface area contributed by atoms with Gasteiger partial charge in [0.1, 0.15) is 17.0 Å². The molecule has 1 aliphatic carbocycles. The summed E-state index contributed by atoms with van der Waals surface area (Å²) in [5.41, 5.74) is -1.05. The van der Waals surface area contributed by atoms with Crippen LogP contribution in [-0.4, -0.2) is 20.0 Å². The second kappa shape index (κ2) is 5.89. The van der Waals surface area contributed by atoms with Gasteiger partial charge in [0, 0.05) is 16.0 Å². The lowest BCUT2D eigenvalue weighted by atomic mass is 10.0. The number of nitrogens with zero attached hydrogens (tertiary/aromatic N) is 1. The Labute approximate surface area is 149 Å². The van der Waals surface area contributed by atoms with Gasteiger partial charge in [-0.05, 0) is 42.0 Å². The van der Waals surface area contributed by atoms with Crippen molar-refractivity contribution in [3.05, 3.63) is 64.1 Å². The zero-order valence-electron chi connectivity index (χ0n) is 12.2. The number of aldehydes is 1. The highest BCUT2D eigenvalue weighted by molar-refractivity contribution is 7.92. The van der Waals surface area contributed by atoms with Crippen molar-refractivity contribution >= 4 is 39.3 Å². The highest BCUT2D eigenvalue weighted by Crippen LogP contribution is 2.62. The molecule has 0 bridgehead atoms. The second-order valence-corrected chi connectivity index (χ2v) is 8.56. The number of sulfone groups is 1. The summed E-state index contributed by atoms with van der Waals surface area (Å²) in [6.07, 6.45) is 0.427. The zero-order chi connectivity index (χ0) is 17.5. The van der Waals surface area contributed by atoms with Gasteiger partial charge >= 0.3 is 0 Å². The molecule has 122 valence electrons. The largest absolute Gasteiger partial charge is 0.302 e. The highest BCUT2D eigenvalue weighted by Gasteiger charge is 2.72. The SMILES string of the molecule is N#C[C@]1(C=O)[C@@H](c2cccc(Cl)c2)[C@@H]1S(=O)(=O)c1ccc(Cl)cc1. The third-order valence-corrected chi connectivity index (χ3v) is 7.00. The van der Waals surface area contributed by atoms with Crippen molar-refractivity contribution in [3.63, 3.8) is 0 Å². The van der Waals surface area contributed by atoms with Crippen molar-refractivity contribution in [2.45, 2.75) is 16.1 Å². The molecule has 1 saturated carbocycles. The van der Waals surface area contributed by atoms with E-state index in [4.69, 9.17) is 23.2 Å². The molecule has 1 fully saturated rings. The fraction of sp³-hybridized carbons (Fsp3) is 0.176. The molecule has 2 aromatic rings. The minimum Gasteiger partial charge on any atom is -0.302 e. The van der Waals surface area contributed by atoms with Gasteiger partial charge in [-0.25, -0.2) is 8.42 Å². The maximum Gasteiger partial charge on any atom is 0.183 e. The van der Waals surface area contributed by atoms with Crippen LogP contribution >= 0.6 is 23.2 Å². The minimum absolute atomic E-state index is 0.0305. The van der Waals surface area contributed by atoms with Crippen molar-refractivity contribution in [3.8, 4) is 6.07 Å². The lowest BCUT2D eigenvalue weighted by molar-refractivity contribution is -0.110. The van der Waals surface area contributed by atoms with Gasteiger partial charge in [0.25, 0.3) is 0 Å².